The monoisotopic (exact) mass is 322 g/mol. The number of nitrogens with one attached hydrogen (secondary N) is 1. The van der Waals surface area contributed by atoms with Gasteiger partial charge in [-0.1, -0.05) is 24.3 Å². The third-order valence-electron chi connectivity index (χ3n) is 4.29. The Morgan fingerprint density at radius 1 is 1.12 bits per heavy atom. The van der Waals surface area contributed by atoms with Gasteiger partial charge in [0, 0.05) is 30.2 Å². The second-order valence-electron chi connectivity index (χ2n) is 6.07. The van der Waals surface area contributed by atoms with E-state index in [1.165, 1.54) is 16.6 Å². The van der Waals surface area contributed by atoms with E-state index in [9.17, 15) is 4.79 Å². The molecule has 0 atom stereocenters. The van der Waals surface area contributed by atoms with Gasteiger partial charge in [-0.15, -0.1) is 0 Å². The van der Waals surface area contributed by atoms with Gasteiger partial charge in [-0.2, -0.15) is 0 Å². The van der Waals surface area contributed by atoms with Crippen molar-refractivity contribution in [3.05, 3.63) is 65.4 Å². The van der Waals surface area contributed by atoms with Crippen molar-refractivity contribution in [2.24, 2.45) is 7.05 Å². The number of hydrogen-bond donors (Lipinski definition) is 1. The van der Waals surface area contributed by atoms with Gasteiger partial charge < -0.3 is 14.6 Å². The number of hydrogen-bond acceptors (Lipinski definition) is 2. The molecule has 2 aromatic carbocycles. The van der Waals surface area contributed by atoms with Crippen LogP contribution in [-0.4, -0.2) is 17.1 Å². The van der Waals surface area contributed by atoms with Gasteiger partial charge in [0.15, 0.2) is 6.61 Å². The minimum Gasteiger partial charge on any atom is -0.484 e. The quantitative estimate of drug-likeness (QED) is 0.781. The Bertz CT molecular complexity index is 880. The van der Waals surface area contributed by atoms with Crippen molar-refractivity contribution in [3.8, 4) is 5.75 Å². The van der Waals surface area contributed by atoms with E-state index in [-0.39, 0.29) is 12.5 Å². The lowest BCUT2D eigenvalue weighted by atomic mass is 10.1. The first-order valence-electron chi connectivity index (χ1n) is 8.04. The number of carbonyl (C=O) groups is 1. The van der Waals surface area contributed by atoms with Crippen LogP contribution in [0.3, 0.4) is 0 Å². The largest absolute Gasteiger partial charge is 0.484 e. The summed E-state index contributed by atoms with van der Waals surface area (Å²) < 4.78 is 7.72. The topological polar surface area (TPSA) is 43.3 Å². The van der Waals surface area contributed by atoms with Gasteiger partial charge in [0.2, 0.25) is 0 Å². The van der Waals surface area contributed by atoms with Crippen LogP contribution in [0.15, 0.2) is 48.5 Å². The zero-order chi connectivity index (χ0) is 17.1. The first-order valence-corrected chi connectivity index (χ1v) is 8.04. The number of ether oxygens (including phenoxy) is 1. The lowest BCUT2D eigenvalue weighted by Crippen LogP contribution is -2.28. The Labute approximate surface area is 142 Å². The summed E-state index contributed by atoms with van der Waals surface area (Å²) in [5.74, 6) is 0.622. The number of fused-ring (bicyclic) bond motifs is 1. The highest BCUT2D eigenvalue weighted by molar-refractivity contribution is 5.82. The predicted molar refractivity (Wildman–Crippen MR) is 96.2 cm³/mol. The maximum absolute atomic E-state index is 12.0. The van der Waals surface area contributed by atoms with E-state index in [2.05, 4.69) is 42.1 Å². The third-order valence-corrected chi connectivity index (χ3v) is 4.29. The zero-order valence-electron chi connectivity index (χ0n) is 14.3. The van der Waals surface area contributed by atoms with Crippen molar-refractivity contribution >= 4 is 16.8 Å². The van der Waals surface area contributed by atoms with Crippen molar-refractivity contribution in [1.82, 2.24) is 9.88 Å². The van der Waals surface area contributed by atoms with Crippen molar-refractivity contribution in [3.63, 3.8) is 0 Å². The summed E-state index contributed by atoms with van der Waals surface area (Å²) in [5.41, 5.74) is 4.52. The average molecular weight is 322 g/mol. The van der Waals surface area contributed by atoms with Crippen molar-refractivity contribution in [2.75, 3.05) is 6.61 Å². The highest BCUT2D eigenvalue weighted by Crippen LogP contribution is 2.20. The van der Waals surface area contributed by atoms with E-state index in [1.807, 2.05) is 37.3 Å². The van der Waals surface area contributed by atoms with Crippen LogP contribution in [0.2, 0.25) is 0 Å². The molecule has 0 fully saturated rings. The van der Waals surface area contributed by atoms with E-state index >= 15 is 0 Å². The number of rotatable bonds is 5. The fraction of sp³-hybridized carbons (Fsp3) is 0.250. The molecule has 0 radical (unpaired) electrons. The van der Waals surface area contributed by atoms with Crippen LogP contribution < -0.4 is 10.1 Å². The van der Waals surface area contributed by atoms with Crippen LogP contribution in [0.5, 0.6) is 5.75 Å². The number of para-hydroxylation sites is 1. The van der Waals surface area contributed by atoms with Gasteiger partial charge >= 0.3 is 0 Å². The fourth-order valence-corrected chi connectivity index (χ4v) is 2.76. The lowest BCUT2D eigenvalue weighted by molar-refractivity contribution is -0.123. The molecular formula is C20H22N2O2. The predicted octanol–water partition coefficient (Wildman–Crippen LogP) is 3.49. The summed E-state index contributed by atoms with van der Waals surface area (Å²) in [7, 11) is 2.06. The molecule has 24 heavy (non-hydrogen) atoms. The summed E-state index contributed by atoms with van der Waals surface area (Å²) >= 11 is 0. The highest BCUT2D eigenvalue weighted by Gasteiger charge is 2.06. The summed E-state index contributed by atoms with van der Waals surface area (Å²) in [6, 6.07) is 16.1. The number of carbonyl (C=O) groups excluding carboxylic acids is 1. The van der Waals surface area contributed by atoms with Crippen LogP contribution in [0, 0.1) is 13.8 Å². The summed E-state index contributed by atoms with van der Waals surface area (Å²) in [4.78, 5) is 12.0. The molecule has 0 aliphatic heterocycles. The van der Waals surface area contributed by atoms with Crippen molar-refractivity contribution < 1.29 is 9.53 Å². The fourth-order valence-electron chi connectivity index (χ4n) is 2.76. The van der Waals surface area contributed by atoms with Gasteiger partial charge in [0.05, 0.1) is 0 Å². The molecule has 0 aliphatic carbocycles. The van der Waals surface area contributed by atoms with Crippen LogP contribution >= 0.6 is 0 Å². The van der Waals surface area contributed by atoms with E-state index in [1.54, 1.807) is 0 Å². The number of aryl methyl sites for hydroxylation is 3. The molecule has 1 amide bonds. The Balaban J connectivity index is 1.57. The van der Waals surface area contributed by atoms with Gasteiger partial charge in [0.1, 0.15) is 5.75 Å². The van der Waals surface area contributed by atoms with Crippen molar-refractivity contribution in [1.29, 1.82) is 0 Å². The summed E-state index contributed by atoms with van der Waals surface area (Å²) in [5, 5.41) is 4.10. The summed E-state index contributed by atoms with van der Waals surface area (Å²) in [6.07, 6.45) is 0. The van der Waals surface area contributed by atoms with Crippen LogP contribution in [0.1, 0.15) is 16.8 Å². The second-order valence-corrected chi connectivity index (χ2v) is 6.07. The molecule has 0 spiro atoms. The Kier molecular flexibility index (Phi) is 4.56. The van der Waals surface area contributed by atoms with E-state index in [4.69, 9.17) is 4.74 Å². The van der Waals surface area contributed by atoms with Gasteiger partial charge in [-0.3, -0.25) is 4.79 Å². The highest BCUT2D eigenvalue weighted by atomic mass is 16.5. The molecule has 0 saturated heterocycles. The second kappa shape index (κ2) is 6.79. The number of nitrogens with zero attached hydrogens (tertiary/aromatic N) is 1. The molecule has 0 saturated carbocycles. The Hall–Kier alpha value is -2.75. The molecule has 4 heteroatoms. The normalized spacial score (nSPS) is 10.8. The molecule has 1 aromatic heterocycles. The van der Waals surface area contributed by atoms with Gasteiger partial charge in [-0.05, 0) is 49.2 Å². The summed E-state index contributed by atoms with van der Waals surface area (Å²) in [6.45, 7) is 4.58. The smallest absolute Gasteiger partial charge is 0.258 e. The number of benzene rings is 2. The lowest BCUT2D eigenvalue weighted by Gasteiger charge is -2.09. The maximum Gasteiger partial charge on any atom is 0.258 e. The molecule has 0 aliphatic rings. The molecule has 3 aromatic rings. The minimum atomic E-state index is -0.123. The molecule has 0 unspecified atom stereocenters. The number of aromatic nitrogens is 1. The van der Waals surface area contributed by atoms with Crippen LogP contribution in [-0.2, 0) is 18.4 Å². The van der Waals surface area contributed by atoms with Gasteiger partial charge in [0.25, 0.3) is 5.91 Å². The molecule has 1 heterocycles. The first kappa shape index (κ1) is 16.1. The van der Waals surface area contributed by atoms with E-state index < -0.39 is 0 Å². The van der Waals surface area contributed by atoms with E-state index in [0.717, 1.165) is 16.9 Å². The average Bonchev–Trinajstić information content (AvgIpc) is 2.86. The number of amides is 1. The maximum atomic E-state index is 12.0. The molecular weight excluding hydrogens is 300 g/mol. The first-order chi connectivity index (χ1) is 11.5. The zero-order valence-corrected chi connectivity index (χ0v) is 14.3. The van der Waals surface area contributed by atoms with Gasteiger partial charge in [-0.25, -0.2) is 0 Å². The Morgan fingerprint density at radius 3 is 2.71 bits per heavy atom. The Morgan fingerprint density at radius 2 is 1.92 bits per heavy atom. The SMILES string of the molecule is Cc1ccccc1OCC(=O)NCc1ccc2c(c1)cc(C)n2C. The van der Waals surface area contributed by atoms with Crippen molar-refractivity contribution in [2.45, 2.75) is 20.4 Å². The molecule has 0 bridgehead atoms. The molecule has 4 nitrogen and oxygen atoms in total. The standard InChI is InChI=1S/C20H22N2O2/c1-14-6-4-5-7-19(14)24-13-20(23)21-12-16-8-9-18-17(11-16)10-15(2)22(18)3/h4-11H,12-13H2,1-3H3,(H,21,23). The molecule has 124 valence electrons. The minimum absolute atomic E-state index is 0.0253. The third kappa shape index (κ3) is 3.43. The molecule has 3 rings (SSSR count). The van der Waals surface area contributed by atoms with Crippen LogP contribution in [0.4, 0.5) is 0 Å². The van der Waals surface area contributed by atoms with E-state index in [0.29, 0.717) is 6.54 Å². The van der Waals surface area contributed by atoms with Crippen LogP contribution in [0.25, 0.3) is 10.9 Å². The molecule has 1 N–H and O–H groups in total.